The molecular formula is C16H19NO. The molecule has 2 nitrogen and oxygen atoms in total. The third-order valence-electron chi connectivity index (χ3n) is 3.05. The second kappa shape index (κ2) is 6.22. The maximum Gasteiger partial charge on any atom is 0.119 e. The molecule has 18 heavy (non-hydrogen) atoms. The number of aryl methyl sites for hydroxylation is 1. The number of rotatable bonds is 5. The first-order valence-corrected chi connectivity index (χ1v) is 6.27. The van der Waals surface area contributed by atoms with E-state index in [1.54, 1.807) is 7.11 Å². The number of benzene rings is 2. The lowest BCUT2D eigenvalue weighted by Gasteiger charge is -2.10. The number of ether oxygens (including phenoxy) is 1. The summed E-state index contributed by atoms with van der Waals surface area (Å²) in [7, 11) is 1.69. The first-order chi connectivity index (χ1) is 8.85. The highest BCUT2D eigenvalue weighted by Gasteiger charge is 2.05. The van der Waals surface area contributed by atoms with E-state index in [-0.39, 0.29) is 0 Å². The summed E-state index contributed by atoms with van der Waals surface area (Å²) in [6, 6.07) is 16.6. The Morgan fingerprint density at radius 2 is 1.89 bits per heavy atom. The molecule has 0 saturated carbocycles. The van der Waals surface area contributed by atoms with Crippen LogP contribution >= 0.6 is 0 Å². The molecule has 2 N–H and O–H groups in total. The normalized spacial score (nSPS) is 10.3. The summed E-state index contributed by atoms with van der Waals surface area (Å²) in [6.07, 6.45) is 2.03. The molecule has 0 spiro atoms. The predicted octanol–water partition coefficient (Wildman–Crippen LogP) is 3.25. The second-order valence-electron chi connectivity index (χ2n) is 4.28. The van der Waals surface area contributed by atoms with Crippen LogP contribution < -0.4 is 10.5 Å². The molecule has 0 amide bonds. The highest BCUT2D eigenvalue weighted by Crippen LogP contribution is 2.27. The minimum atomic E-state index is 0.729. The Balaban J connectivity index is 2.36. The molecule has 0 aliphatic carbocycles. The van der Waals surface area contributed by atoms with Crippen LogP contribution in [-0.2, 0) is 6.42 Å². The molecule has 0 unspecified atom stereocenters. The van der Waals surface area contributed by atoms with Gasteiger partial charge in [0.25, 0.3) is 0 Å². The van der Waals surface area contributed by atoms with Gasteiger partial charge in [0.05, 0.1) is 7.11 Å². The summed E-state index contributed by atoms with van der Waals surface area (Å²) in [5.41, 5.74) is 9.40. The SMILES string of the molecule is COc1cccc(-c2ccccc2CCCN)c1. The fourth-order valence-electron chi connectivity index (χ4n) is 2.10. The molecule has 94 valence electrons. The molecule has 0 aromatic heterocycles. The van der Waals surface area contributed by atoms with E-state index in [2.05, 4.69) is 36.4 Å². The molecular weight excluding hydrogens is 222 g/mol. The maximum atomic E-state index is 5.59. The number of nitrogens with two attached hydrogens (primary N) is 1. The zero-order chi connectivity index (χ0) is 12.8. The highest BCUT2D eigenvalue weighted by atomic mass is 16.5. The van der Waals surface area contributed by atoms with Crippen LogP contribution in [-0.4, -0.2) is 13.7 Å². The van der Waals surface area contributed by atoms with Crippen LogP contribution in [0.1, 0.15) is 12.0 Å². The predicted molar refractivity (Wildman–Crippen MR) is 75.8 cm³/mol. The van der Waals surface area contributed by atoms with E-state index in [0.29, 0.717) is 0 Å². The van der Waals surface area contributed by atoms with Crippen LogP contribution in [0.5, 0.6) is 5.75 Å². The van der Waals surface area contributed by atoms with Crippen LogP contribution in [0.4, 0.5) is 0 Å². The average Bonchev–Trinajstić information content (AvgIpc) is 2.45. The zero-order valence-electron chi connectivity index (χ0n) is 10.7. The van der Waals surface area contributed by atoms with E-state index in [1.165, 1.54) is 16.7 Å². The van der Waals surface area contributed by atoms with Crippen LogP contribution in [0.2, 0.25) is 0 Å². The summed E-state index contributed by atoms with van der Waals surface area (Å²) in [6.45, 7) is 0.729. The van der Waals surface area contributed by atoms with E-state index in [1.807, 2.05) is 12.1 Å². The molecule has 2 aromatic rings. The van der Waals surface area contributed by atoms with Crippen molar-refractivity contribution in [3.8, 4) is 16.9 Å². The van der Waals surface area contributed by atoms with Gasteiger partial charge in [0.2, 0.25) is 0 Å². The van der Waals surface area contributed by atoms with Crippen molar-refractivity contribution in [1.29, 1.82) is 0 Å². The van der Waals surface area contributed by atoms with Gasteiger partial charge in [0, 0.05) is 0 Å². The Kier molecular flexibility index (Phi) is 4.37. The first kappa shape index (κ1) is 12.7. The standard InChI is InChI=1S/C16H19NO/c1-18-15-9-4-7-14(12-15)16-10-3-2-6-13(16)8-5-11-17/h2-4,6-7,9-10,12H,5,8,11,17H2,1H3. The summed E-state index contributed by atoms with van der Waals surface area (Å²) >= 11 is 0. The smallest absolute Gasteiger partial charge is 0.119 e. The second-order valence-corrected chi connectivity index (χ2v) is 4.28. The summed E-state index contributed by atoms with van der Waals surface area (Å²) < 4.78 is 5.28. The Bertz CT molecular complexity index is 508. The van der Waals surface area contributed by atoms with Crippen molar-refractivity contribution in [2.45, 2.75) is 12.8 Å². The molecule has 0 saturated heterocycles. The summed E-state index contributed by atoms with van der Waals surface area (Å²) in [4.78, 5) is 0. The van der Waals surface area contributed by atoms with Gasteiger partial charge in [-0.05, 0) is 48.2 Å². The van der Waals surface area contributed by atoms with E-state index in [0.717, 1.165) is 25.1 Å². The number of hydrogen-bond acceptors (Lipinski definition) is 2. The largest absolute Gasteiger partial charge is 0.497 e. The number of hydrogen-bond donors (Lipinski definition) is 1. The van der Waals surface area contributed by atoms with Gasteiger partial charge in [0.1, 0.15) is 5.75 Å². The summed E-state index contributed by atoms with van der Waals surface area (Å²) in [5.74, 6) is 0.890. The third-order valence-corrected chi connectivity index (χ3v) is 3.05. The van der Waals surface area contributed by atoms with E-state index < -0.39 is 0 Å². The fraction of sp³-hybridized carbons (Fsp3) is 0.250. The Labute approximate surface area is 108 Å². The van der Waals surface area contributed by atoms with Gasteiger partial charge in [-0.2, -0.15) is 0 Å². The average molecular weight is 241 g/mol. The molecule has 2 rings (SSSR count). The summed E-state index contributed by atoms with van der Waals surface area (Å²) in [5, 5.41) is 0. The van der Waals surface area contributed by atoms with Crippen LogP contribution in [0, 0.1) is 0 Å². The quantitative estimate of drug-likeness (QED) is 0.872. The van der Waals surface area contributed by atoms with Crippen molar-refractivity contribution in [3.63, 3.8) is 0 Å². The molecule has 0 aliphatic heterocycles. The minimum absolute atomic E-state index is 0.729. The molecule has 0 radical (unpaired) electrons. The third kappa shape index (κ3) is 2.90. The highest BCUT2D eigenvalue weighted by molar-refractivity contribution is 5.68. The lowest BCUT2D eigenvalue weighted by molar-refractivity contribution is 0.415. The van der Waals surface area contributed by atoms with Crippen molar-refractivity contribution in [2.24, 2.45) is 5.73 Å². The van der Waals surface area contributed by atoms with E-state index >= 15 is 0 Å². The van der Waals surface area contributed by atoms with E-state index in [4.69, 9.17) is 10.5 Å². The molecule has 0 bridgehead atoms. The molecule has 0 heterocycles. The topological polar surface area (TPSA) is 35.2 Å². The Hall–Kier alpha value is -1.80. The molecule has 2 aromatic carbocycles. The van der Waals surface area contributed by atoms with Gasteiger partial charge < -0.3 is 10.5 Å². The van der Waals surface area contributed by atoms with Gasteiger partial charge >= 0.3 is 0 Å². The molecule has 2 heteroatoms. The van der Waals surface area contributed by atoms with Gasteiger partial charge in [-0.15, -0.1) is 0 Å². The first-order valence-electron chi connectivity index (χ1n) is 6.27. The van der Waals surface area contributed by atoms with Crippen molar-refractivity contribution < 1.29 is 4.74 Å². The van der Waals surface area contributed by atoms with Crippen LogP contribution in [0.3, 0.4) is 0 Å². The maximum absolute atomic E-state index is 5.59. The monoisotopic (exact) mass is 241 g/mol. The van der Waals surface area contributed by atoms with Crippen molar-refractivity contribution >= 4 is 0 Å². The fourth-order valence-corrected chi connectivity index (χ4v) is 2.10. The van der Waals surface area contributed by atoms with Crippen LogP contribution in [0.25, 0.3) is 11.1 Å². The minimum Gasteiger partial charge on any atom is -0.497 e. The van der Waals surface area contributed by atoms with Crippen molar-refractivity contribution in [3.05, 3.63) is 54.1 Å². The van der Waals surface area contributed by atoms with Gasteiger partial charge in [-0.25, -0.2) is 0 Å². The number of methoxy groups -OCH3 is 1. The van der Waals surface area contributed by atoms with Crippen molar-refractivity contribution in [1.82, 2.24) is 0 Å². The lowest BCUT2D eigenvalue weighted by Crippen LogP contribution is -2.01. The molecule has 0 aliphatic rings. The van der Waals surface area contributed by atoms with Crippen molar-refractivity contribution in [2.75, 3.05) is 13.7 Å². The van der Waals surface area contributed by atoms with Gasteiger partial charge in [0.15, 0.2) is 0 Å². The molecule has 0 fully saturated rings. The van der Waals surface area contributed by atoms with E-state index in [9.17, 15) is 0 Å². The Morgan fingerprint density at radius 1 is 1.06 bits per heavy atom. The van der Waals surface area contributed by atoms with Gasteiger partial charge in [-0.1, -0.05) is 36.4 Å². The van der Waals surface area contributed by atoms with Crippen LogP contribution in [0.15, 0.2) is 48.5 Å². The molecule has 0 atom stereocenters. The van der Waals surface area contributed by atoms with Gasteiger partial charge in [-0.3, -0.25) is 0 Å². The lowest BCUT2D eigenvalue weighted by atomic mass is 9.96. The zero-order valence-corrected chi connectivity index (χ0v) is 10.7. The Morgan fingerprint density at radius 3 is 2.67 bits per heavy atom.